The zero-order valence-electron chi connectivity index (χ0n) is 7.61. The molecule has 4 heteroatoms. The van der Waals surface area contributed by atoms with E-state index in [-0.39, 0.29) is 5.33 Å². The van der Waals surface area contributed by atoms with Crippen LogP contribution in [0.15, 0.2) is 30.3 Å². The molecule has 0 fully saturated rings. The first-order valence-corrected chi connectivity index (χ1v) is 6.01. The average molecular weight is 328 g/mol. The summed E-state index contributed by atoms with van der Waals surface area (Å²) < 4.78 is 25.7. The molecule has 0 heterocycles. The first-order valence-electron chi connectivity index (χ1n) is 4.10. The largest absolute Gasteiger partial charge is 0.276 e. The van der Waals surface area contributed by atoms with Crippen LogP contribution in [0.1, 0.15) is 12.5 Å². The van der Waals surface area contributed by atoms with Crippen molar-refractivity contribution >= 4 is 31.9 Å². The molecule has 0 spiro atoms. The Kier molecular flexibility index (Phi) is 3.69. The van der Waals surface area contributed by atoms with Gasteiger partial charge in [-0.25, -0.2) is 8.78 Å². The van der Waals surface area contributed by atoms with Crippen LogP contribution in [-0.4, -0.2) is 11.3 Å². The minimum Gasteiger partial charge on any atom is -0.204 e. The van der Waals surface area contributed by atoms with Crippen LogP contribution in [0.25, 0.3) is 0 Å². The van der Waals surface area contributed by atoms with Crippen LogP contribution in [0.5, 0.6) is 0 Å². The lowest BCUT2D eigenvalue weighted by Crippen LogP contribution is -2.39. The van der Waals surface area contributed by atoms with Crippen molar-refractivity contribution < 1.29 is 8.78 Å². The summed E-state index contributed by atoms with van der Waals surface area (Å²) in [4.78, 5) is 0. The highest BCUT2D eigenvalue weighted by Crippen LogP contribution is 2.45. The maximum absolute atomic E-state index is 13.5. The van der Waals surface area contributed by atoms with Crippen molar-refractivity contribution in [1.29, 1.82) is 0 Å². The second kappa shape index (κ2) is 4.27. The third-order valence-corrected chi connectivity index (χ3v) is 3.91. The molecule has 0 N–H and O–H groups in total. The van der Waals surface area contributed by atoms with Gasteiger partial charge in [0.05, 0.1) is 5.33 Å². The van der Waals surface area contributed by atoms with E-state index < -0.39 is 10.2 Å². The Morgan fingerprint density at radius 3 is 2.14 bits per heavy atom. The summed E-state index contributed by atoms with van der Waals surface area (Å²) in [6, 6.07) is 8.67. The lowest BCUT2D eigenvalue weighted by atomic mass is 9.95. The number of alkyl halides is 4. The van der Waals surface area contributed by atoms with Crippen LogP contribution in [-0.2, 0) is 4.32 Å². The first kappa shape index (κ1) is 12.1. The fourth-order valence-electron chi connectivity index (χ4n) is 1.09. The van der Waals surface area contributed by atoms with Crippen molar-refractivity contribution in [3.63, 3.8) is 0 Å². The van der Waals surface area contributed by atoms with E-state index in [9.17, 15) is 8.78 Å². The maximum atomic E-state index is 13.5. The highest BCUT2D eigenvalue weighted by atomic mass is 79.9. The van der Waals surface area contributed by atoms with E-state index in [1.807, 2.05) is 0 Å². The van der Waals surface area contributed by atoms with Crippen molar-refractivity contribution in [1.82, 2.24) is 0 Å². The van der Waals surface area contributed by atoms with Crippen molar-refractivity contribution in [2.45, 2.75) is 17.2 Å². The SMILES string of the molecule is CC(Br)(c1ccccc1)C(F)(F)CBr. The molecule has 1 atom stereocenters. The Hall–Kier alpha value is 0.0400. The van der Waals surface area contributed by atoms with Gasteiger partial charge in [0.2, 0.25) is 0 Å². The van der Waals surface area contributed by atoms with E-state index in [1.165, 1.54) is 6.92 Å². The van der Waals surface area contributed by atoms with Crippen molar-refractivity contribution in [2.75, 3.05) is 5.33 Å². The first-order chi connectivity index (χ1) is 6.42. The Bertz CT molecular complexity index is 296. The highest BCUT2D eigenvalue weighted by Gasteiger charge is 2.48. The van der Waals surface area contributed by atoms with Gasteiger partial charge in [0.1, 0.15) is 4.32 Å². The molecule has 0 nitrogen and oxygen atoms in total. The van der Waals surface area contributed by atoms with Crippen LogP contribution in [0.3, 0.4) is 0 Å². The number of halogens is 4. The smallest absolute Gasteiger partial charge is 0.204 e. The fraction of sp³-hybridized carbons (Fsp3) is 0.400. The van der Waals surface area contributed by atoms with Gasteiger partial charge >= 0.3 is 0 Å². The van der Waals surface area contributed by atoms with E-state index in [2.05, 4.69) is 31.9 Å². The van der Waals surface area contributed by atoms with Crippen molar-refractivity contribution in [3.05, 3.63) is 35.9 Å². The van der Waals surface area contributed by atoms with Gasteiger partial charge in [-0.1, -0.05) is 62.2 Å². The summed E-state index contributed by atoms with van der Waals surface area (Å²) in [7, 11) is 0. The monoisotopic (exact) mass is 326 g/mol. The molecule has 0 radical (unpaired) electrons. The Morgan fingerprint density at radius 1 is 1.21 bits per heavy atom. The number of benzene rings is 1. The normalized spacial score (nSPS) is 16.4. The molecule has 1 aromatic rings. The van der Waals surface area contributed by atoms with Crippen molar-refractivity contribution in [2.24, 2.45) is 0 Å². The van der Waals surface area contributed by atoms with Gasteiger partial charge in [-0.05, 0) is 12.5 Å². The summed E-state index contributed by atoms with van der Waals surface area (Å²) in [5.74, 6) is -2.83. The molecule has 0 amide bonds. The van der Waals surface area contributed by atoms with E-state index in [0.29, 0.717) is 5.56 Å². The van der Waals surface area contributed by atoms with Gasteiger partial charge < -0.3 is 0 Å². The van der Waals surface area contributed by atoms with Gasteiger partial charge in [-0.3, -0.25) is 0 Å². The Labute approximate surface area is 99.0 Å². The van der Waals surface area contributed by atoms with Gasteiger partial charge in [0, 0.05) is 0 Å². The lowest BCUT2D eigenvalue weighted by Gasteiger charge is -2.31. The van der Waals surface area contributed by atoms with Gasteiger partial charge in [-0.2, -0.15) is 0 Å². The molecule has 0 saturated heterocycles. The summed E-state index contributed by atoms with van der Waals surface area (Å²) in [6.07, 6.45) is 0. The third kappa shape index (κ3) is 2.16. The van der Waals surface area contributed by atoms with Crippen LogP contribution >= 0.6 is 31.9 Å². The van der Waals surface area contributed by atoms with Gasteiger partial charge in [-0.15, -0.1) is 0 Å². The topological polar surface area (TPSA) is 0 Å². The predicted octanol–water partition coefficient (Wildman–Crippen LogP) is 4.33. The number of hydrogen-bond acceptors (Lipinski definition) is 0. The van der Waals surface area contributed by atoms with Gasteiger partial charge in [0.15, 0.2) is 0 Å². The van der Waals surface area contributed by atoms with Crippen LogP contribution in [0.2, 0.25) is 0 Å². The summed E-state index contributed by atoms with van der Waals surface area (Å²) in [5.41, 5.74) is 0.574. The predicted molar refractivity (Wildman–Crippen MR) is 61.5 cm³/mol. The highest BCUT2D eigenvalue weighted by molar-refractivity contribution is 9.10. The molecule has 14 heavy (non-hydrogen) atoms. The van der Waals surface area contributed by atoms with E-state index in [1.54, 1.807) is 30.3 Å². The standard InChI is InChI=1S/C10H10Br2F2/c1-9(12,10(13,14)7-11)8-5-3-2-4-6-8/h2-6H,7H2,1H3. The zero-order valence-corrected chi connectivity index (χ0v) is 10.8. The second-order valence-electron chi connectivity index (χ2n) is 3.21. The minimum atomic E-state index is -2.83. The molecule has 1 aromatic carbocycles. The van der Waals surface area contributed by atoms with Crippen LogP contribution in [0, 0.1) is 0 Å². The quantitative estimate of drug-likeness (QED) is 0.725. The number of rotatable bonds is 3. The molecule has 0 aromatic heterocycles. The molecule has 1 unspecified atom stereocenters. The molecule has 1 rings (SSSR count). The van der Waals surface area contributed by atoms with Gasteiger partial charge in [0.25, 0.3) is 5.92 Å². The fourth-order valence-corrected chi connectivity index (χ4v) is 2.43. The Balaban J connectivity index is 3.08. The Morgan fingerprint density at radius 2 is 1.71 bits per heavy atom. The third-order valence-electron chi connectivity index (χ3n) is 2.17. The molecule has 0 bridgehead atoms. The van der Waals surface area contributed by atoms with Crippen LogP contribution in [0.4, 0.5) is 8.78 Å². The molecule has 0 aliphatic heterocycles. The molecule has 0 aliphatic rings. The molecule has 78 valence electrons. The molecule has 0 saturated carbocycles. The second-order valence-corrected chi connectivity index (χ2v) is 5.35. The van der Waals surface area contributed by atoms with Crippen LogP contribution < -0.4 is 0 Å². The summed E-state index contributed by atoms with van der Waals surface area (Å²) in [5, 5.41) is -0.364. The van der Waals surface area contributed by atoms with E-state index in [4.69, 9.17) is 0 Å². The molecular formula is C10H10Br2F2. The maximum Gasteiger partial charge on any atom is 0.276 e. The zero-order chi connectivity index (χ0) is 10.8. The summed E-state index contributed by atoms with van der Waals surface area (Å²) >= 11 is 5.92. The van der Waals surface area contributed by atoms with E-state index in [0.717, 1.165) is 0 Å². The lowest BCUT2D eigenvalue weighted by molar-refractivity contribution is -0.00715. The minimum absolute atomic E-state index is 0.364. The average Bonchev–Trinajstić information content (AvgIpc) is 2.19. The van der Waals surface area contributed by atoms with Crippen molar-refractivity contribution in [3.8, 4) is 0 Å². The van der Waals surface area contributed by atoms with E-state index >= 15 is 0 Å². The molecular weight excluding hydrogens is 318 g/mol. The molecule has 0 aliphatic carbocycles. The number of hydrogen-bond donors (Lipinski definition) is 0. The summed E-state index contributed by atoms with van der Waals surface area (Å²) in [6.45, 7) is 1.48.